The van der Waals surface area contributed by atoms with Gasteiger partial charge < -0.3 is 14.2 Å². The smallest absolute Gasteiger partial charge is 0.172 e. The number of hydrogen-bond acceptors (Lipinski definition) is 5. The van der Waals surface area contributed by atoms with Crippen LogP contribution in [-0.2, 0) is 24.0 Å². The van der Waals surface area contributed by atoms with Gasteiger partial charge in [-0.3, -0.25) is 0 Å². The van der Waals surface area contributed by atoms with Crippen molar-refractivity contribution < 1.29 is 24.0 Å². The molecule has 0 aliphatic carbocycles. The fourth-order valence-electron chi connectivity index (χ4n) is 6.04. The maximum absolute atomic E-state index is 6.65. The minimum absolute atomic E-state index is 0.00992. The molecule has 0 saturated carbocycles. The minimum Gasteiger partial charge on any atom is -0.363 e. The minimum atomic E-state index is -0.562. The lowest BCUT2D eigenvalue weighted by atomic mass is 9.77. The predicted octanol–water partition coefficient (Wildman–Crippen LogP) is 4.05. The molecule has 4 fully saturated rings. The highest BCUT2D eigenvalue weighted by molar-refractivity contribution is 5.34. The van der Waals surface area contributed by atoms with E-state index in [-0.39, 0.29) is 23.4 Å². The van der Waals surface area contributed by atoms with E-state index in [2.05, 4.69) is 47.6 Å². The summed E-state index contributed by atoms with van der Waals surface area (Å²) in [7, 11) is 0. The van der Waals surface area contributed by atoms with Crippen LogP contribution in [0.5, 0.6) is 0 Å². The molecule has 3 bridgehead atoms. The van der Waals surface area contributed by atoms with Crippen LogP contribution < -0.4 is 0 Å². The standard InChI is InChI=1S/C21H32O5/c1-13-11-14-12-19(5)16(23-19)20(6)15(17(2,3)25-26-20)7-8-18(4)9-10-21(13,22-14)24-18/h7,13-14,16H,8-12H2,1-6H3/b15-7-/t13-,14-,16+,18+,19+,20+,21-/m0/s1. The lowest BCUT2D eigenvalue weighted by molar-refractivity contribution is -0.343. The molecule has 5 aliphatic rings. The molecule has 0 aromatic carbocycles. The lowest BCUT2D eigenvalue weighted by Gasteiger charge is -2.34. The summed E-state index contributed by atoms with van der Waals surface area (Å²) in [6.45, 7) is 12.9. The number of epoxide rings is 1. The number of ether oxygens (including phenoxy) is 3. The van der Waals surface area contributed by atoms with E-state index in [1.807, 2.05) is 0 Å². The van der Waals surface area contributed by atoms with Crippen LogP contribution >= 0.6 is 0 Å². The summed E-state index contributed by atoms with van der Waals surface area (Å²) in [5, 5.41) is 0. The summed E-state index contributed by atoms with van der Waals surface area (Å²) < 4.78 is 19.4. The van der Waals surface area contributed by atoms with Gasteiger partial charge in [0.1, 0.15) is 11.7 Å². The van der Waals surface area contributed by atoms with Gasteiger partial charge in [0.15, 0.2) is 11.4 Å². The zero-order valence-electron chi connectivity index (χ0n) is 16.9. The average molecular weight is 364 g/mol. The molecule has 146 valence electrons. The Morgan fingerprint density at radius 1 is 1.00 bits per heavy atom. The van der Waals surface area contributed by atoms with Gasteiger partial charge in [-0.1, -0.05) is 13.0 Å². The molecule has 5 aliphatic heterocycles. The largest absolute Gasteiger partial charge is 0.363 e. The molecule has 0 N–H and O–H groups in total. The van der Waals surface area contributed by atoms with Crippen molar-refractivity contribution in [3.8, 4) is 0 Å². The topological polar surface area (TPSA) is 49.5 Å². The van der Waals surface area contributed by atoms with E-state index in [1.165, 1.54) is 5.57 Å². The monoisotopic (exact) mass is 364 g/mol. The van der Waals surface area contributed by atoms with Gasteiger partial charge in [0, 0.05) is 18.8 Å². The van der Waals surface area contributed by atoms with Crippen molar-refractivity contribution in [2.75, 3.05) is 0 Å². The molecule has 0 amide bonds. The van der Waals surface area contributed by atoms with Gasteiger partial charge in [-0.2, -0.15) is 0 Å². The van der Waals surface area contributed by atoms with Gasteiger partial charge >= 0.3 is 0 Å². The molecule has 5 heterocycles. The van der Waals surface area contributed by atoms with Gasteiger partial charge in [0.25, 0.3) is 0 Å². The zero-order valence-corrected chi connectivity index (χ0v) is 16.9. The van der Waals surface area contributed by atoms with Gasteiger partial charge in [0.05, 0.1) is 17.3 Å². The first-order valence-corrected chi connectivity index (χ1v) is 10.1. The highest BCUT2D eigenvalue weighted by Gasteiger charge is 2.69. The number of hydrogen-bond donors (Lipinski definition) is 0. The molecule has 5 rings (SSSR count). The van der Waals surface area contributed by atoms with E-state index >= 15 is 0 Å². The second kappa shape index (κ2) is 4.93. The van der Waals surface area contributed by atoms with E-state index in [9.17, 15) is 0 Å². The highest BCUT2D eigenvalue weighted by atomic mass is 17.2. The zero-order chi connectivity index (χ0) is 18.6. The molecule has 1 spiro atoms. The summed E-state index contributed by atoms with van der Waals surface area (Å²) in [6, 6.07) is 0. The van der Waals surface area contributed by atoms with E-state index in [0.717, 1.165) is 32.1 Å². The molecule has 26 heavy (non-hydrogen) atoms. The van der Waals surface area contributed by atoms with Crippen LogP contribution in [0.3, 0.4) is 0 Å². The van der Waals surface area contributed by atoms with Gasteiger partial charge in [-0.25, -0.2) is 9.78 Å². The molecule has 0 aromatic heterocycles. The van der Waals surface area contributed by atoms with Crippen molar-refractivity contribution in [2.45, 2.75) is 114 Å². The van der Waals surface area contributed by atoms with Gasteiger partial charge in [-0.15, -0.1) is 0 Å². The molecule has 0 unspecified atom stereocenters. The molecule has 7 atom stereocenters. The highest BCUT2D eigenvalue weighted by Crippen LogP contribution is 2.59. The van der Waals surface area contributed by atoms with Gasteiger partial charge in [-0.05, 0) is 59.5 Å². The molecular weight excluding hydrogens is 332 g/mol. The Morgan fingerprint density at radius 3 is 2.54 bits per heavy atom. The average Bonchev–Trinajstić information content (AvgIpc) is 2.82. The van der Waals surface area contributed by atoms with Crippen molar-refractivity contribution >= 4 is 0 Å². The first-order valence-electron chi connectivity index (χ1n) is 10.1. The maximum atomic E-state index is 6.65. The second-order valence-electron chi connectivity index (χ2n) is 10.4. The number of rotatable bonds is 0. The Bertz CT molecular complexity index is 673. The Kier molecular flexibility index (Phi) is 3.34. The third-order valence-electron chi connectivity index (χ3n) is 7.52. The van der Waals surface area contributed by atoms with Crippen molar-refractivity contribution in [1.82, 2.24) is 0 Å². The Balaban J connectivity index is 1.57. The maximum Gasteiger partial charge on any atom is 0.172 e. The first kappa shape index (κ1) is 17.6. The third-order valence-corrected chi connectivity index (χ3v) is 7.52. The van der Waals surface area contributed by atoms with Crippen LogP contribution in [-0.4, -0.2) is 40.4 Å². The van der Waals surface area contributed by atoms with Crippen molar-refractivity contribution in [3.63, 3.8) is 0 Å². The molecule has 5 heteroatoms. The van der Waals surface area contributed by atoms with Crippen molar-refractivity contribution in [3.05, 3.63) is 11.6 Å². The van der Waals surface area contributed by atoms with Crippen molar-refractivity contribution in [2.24, 2.45) is 5.92 Å². The second-order valence-corrected chi connectivity index (χ2v) is 10.4. The van der Waals surface area contributed by atoms with E-state index in [4.69, 9.17) is 24.0 Å². The van der Waals surface area contributed by atoms with Crippen LogP contribution in [0.25, 0.3) is 0 Å². The molecule has 0 aromatic rings. The Hall–Kier alpha value is -0.460. The summed E-state index contributed by atoms with van der Waals surface area (Å²) >= 11 is 0. The first-order chi connectivity index (χ1) is 12.0. The van der Waals surface area contributed by atoms with Crippen LogP contribution in [0, 0.1) is 5.92 Å². The SMILES string of the molecule is C[C@H]1C[C@H]2C[C@@]3(C)O[C@H]3[C@]3(C)OOC(C)(C)/C3=C/C[C@]3(C)CC[C@]1(O2)O3. The molecular formula is C21H32O5. The third kappa shape index (κ3) is 2.27. The quantitative estimate of drug-likeness (QED) is 0.369. The molecule has 4 saturated heterocycles. The Labute approximate surface area is 156 Å². The Morgan fingerprint density at radius 2 is 1.77 bits per heavy atom. The van der Waals surface area contributed by atoms with E-state index < -0.39 is 17.0 Å². The van der Waals surface area contributed by atoms with Crippen LogP contribution in [0.1, 0.15) is 73.6 Å². The van der Waals surface area contributed by atoms with Crippen LogP contribution in [0.2, 0.25) is 0 Å². The summed E-state index contributed by atoms with van der Waals surface area (Å²) in [5.41, 5.74) is -0.294. The predicted molar refractivity (Wildman–Crippen MR) is 95.4 cm³/mol. The van der Waals surface area contributed by atoms with Crippen LogP contribution in [0.15, 0.2) is 11.6 Å². The summed E-state index contributed by atoms with van der Waals surface area (Å²) in [6.07, 6.45) is 7.17. The molecule has 0 radical (unpaired) electrons. The van der Waals surface area contributed by atoms with Crippen molar-refractivity contribution in [1.29, 1.82) is 0 Å². The number of fused-ring (bicyclic) bond motifs is 5. The fourth-order valence-corrected chi connectivity index (χ4v) is 6.04. The van der Waals surface area contributed by atoms with E-state index in [0.29, 0.717) is 5.92 Å². The van der Waals surface area contributed by atoms with Gasteiger partial charge in [0.2, 0.25) is 0 Å². The normalized spacial score (nSPS) is 59.6. The summed E-state index contributed by atoms with van der Waals surface area (Å²) in [4.78, 5) is 11.7. The lowest BCUT2D eigenvalue weighted by Crippen LogP contribution is -2.42. The summed E-state index contributed by atoms with van der Waals surface area (Å²) in [5.74, 6) is -0.00559. The van der Waals surface area contributed by atoms with E-state index in [1.54, 1.807) is 0 Å². The fraction of sp³-hybridized carbons (Fsp3) is 0.905. The molecule has 5 nitrogen and oxygen atoms in total. The van der Waals surface area contributed by atoms with Crippen LogP contribution in [0.4, 0.5) is 0 Å².